The Kier molecular flexibility index (Phi) is 22.9. The van der Waals surface area contributed by atoms with Crippen molar-refractivity contribution in [3.8, 4) is 0 Å². The number of hydrogen-bond donors (Lipinski definition) is 0. The maximum Gasteiger partial charge on any atom is 0.302 e. The summed E-state index contributed by atoms with van der Waals surface area (Å²) < 4.78 is 0. The van der Waals surface area contributed by atoms with E-state index in [0.717, 1.165) is 0 Å². The van der Waals surface area contributed by atoms with Crippen LogP contribution in [-0.4, -0.2) is 63.5 Å². The quantitative estimate of drug-likeness (QED) is 0.386. The minimum Gasteiger partial charge on any atom is -0.283 e. The fourth-order valence-corrected chi connectivity index (χ4v) is 1.11. The monoisotopic (exact) mass is 362 g/mol. The average Bonchev–Trinajstić information content (AvgIpc) is 2.10. The van der Waals surface area contributed by atoms with Gasteiger partial charge in [-0.3, -0.25) is 28.8 Å². The van der Waals surface area contributed by atoms with Gasteiger partial charge in [0.05, 0.1) is 0 Å². The van der Waals surface area contributed by atoms with Crippen molar-refractivity contribution in [3.63, 3.8) is 0 Å². The summed E-state index contributed by atoms with van der Waals surface area (Å²) in [7, 11) is 0. The van der Waals surface area contributed by atoms with Crippen LogP contribution in [0, 0.1) is 0 Å². The average molecular weight is 362 g/mol. The van der Waals surface area contributed by atoms with E-state index in [0.29, 0.717) is 19.3 Å². The van der Waals surface area contributed by atoms with Gasteiger partial charge >= 0.3 is 34.7 Å². The van der Waals surface area contributed by atoms with Gasteiger partial charge in [-0.1, -0.05) is 0 Å². The standard InChI is InChI=1S/3C5H8O2.Fe/c3*1-4(6)3-5(2)7;/h3*3H2,1-2H3;/p+6. The Bertz CT molecular complexity index is 314. The van der Waals surface area contributed by atoms with E-state index in [9.17, 15) is 0 Å². The van der Waals surface area contributed by atoms with Gasteiger partial charge in [-0.15, -0.1) is 0 Å². The Hall–Kier alpha value is -1.46. The molecule has 0 spiro atoms. The Morgan fingerprint density at radius 2 is 0.500 bits per heavy atom. The molecule has 0 amide bonds. The van der Waals surface area contributed by atoms with Gasteiger partial charge in [0.2, 0.25) is 0 Å². The summed E-state index contributed by atoms with van der Waals surface area (Å²) in [6.07, 6.45) is 0.917. The largest absolute Gasteiger partial charge is 0.302 e. The Labute approximate surface area is 141 Å². The Morgan fingerprint density at radius 3 is 0.500 bits per heavy atom. The first-order valence-corrected chi connectivity index (χ1v) is 6.46. The first-order valence-electron chi connectivity index (χ1n) is 6.46. The van der Waals surface area contributed by atoms with E-state index in [2.05, 4.69) is 0 Å². The van der Waals surface area contributed by atoms with Crippen LogP contribution in [0.5, 0.6) is 0 Å². The fourth-order valence-electron chi connectivity index (χ4n) is 1.11. The van der Waals surface area contributed by atoms with E-state index in [4.69, 9.17) is 28.8 Å². The first kappa shape index (κ1) is 28.7. The summed E-state index contributed by atoms with van der Waals surface area (Å²) in [5, 5.41) is 0. The first-order chi connectivity index (χ1) is 9.38. The molecule has 128 valence electrons. The summed E-state index contributed by atoms with van der Waals surface area (Å²) in [5.74, 6) is 1.50. The molecule has 0 aromatic carbocycles. The van der Waals surface area contributed by atoms with Crippen molar-refractivity contribution in [1.29, 1.82) is 0 Å². The molecule has 0 aliphatic carbocycles. The summed E-state index contributed by atoms with van der Waals surface area (Å²) in [5.41, 5.74) is 0. The molecule has 6 N–H and O–H groups in total. The Morgan fingerprint density at radius 1 is 0.409 bits per heavy atom. The van der Waals surface area contributed by atoms with Crippen LogP contribution >= 0.6 is 0 Å². The van der Waals surface area contributed by atoms with E-state index in [1.165, 1.54) is 0 Å². The van der Waals surface area contributed by atoms with E-state index < -0.39 is 0 Å². The third kappa shape index (κ3) is 51.3. The van der Waals surface area contributed by atoms with Crippen LogP contribution in [0.1, 0.15) is 60.8 Å². The van der Waals surface area contributed by atoms with Crippen molar-refractivity contribution < 1.29 is 45.8 Å². The maximum atomic E-state index is 8.46. The number of carbonyl (C=O) groups excluding carboxylic acids is 6. The predicted octanol–water partition coefficient (Wildman–Crippen LogP) is 1.52. The van der Waals surface area contributed by atoms with Gasteiger partial charge in [-0.25, -0.2) is 0 Å². The molecule has 0 radical (unpaired) electrons. The second-order valence-electron chi connectivity index (χ2n) is 4.94. The summed E-state index contributed by atoms with van der Waals surface area (Å²) in [6.45, 7) is 9.33. The van der Waals surface area contributed by atoms with Gasteiger partial charge in [-0.05, 0) is 0 Å². The van der Waals surface area contributed by atoms with Gasteiger partial charge in [0, 0.05) is 58.6 Å². The zero-order valence-corrected chi connectivity index (χ0v) is 15.3. The van der Waals surface area contributed by atoms with Gasteiger partial charge in [0.1, 0.15) is 0 Å². The molecule has 6 nitrogen and oxygen atoms in total. The molecule has 0 rings (SSSR count). The molecule has 0 aliphatic rings. The van der Waals surface area contributed by atoms with Gasteiger partial charge in [-0.2, -0.15) is 0 Å². The molecule has 0 aliphatic heterocycles. The zero-order valence-electron chi connectivity index (χ0n) is 14.2. The minimum absolute atomic E-state index is 0. The molecule has 0 saturated heterocycles. The maximum absolute atomic E-state index is 8.46. The fraction of sp³-hybridized carbons (Fsp3) is 0.600. The number of hydrogen-bond acceptors (Lipinski definition) is 0. The molecule has 0 atom stereocenters. The van der Waals surface area contributed by atoms with Crippen LogP contribution in [0.15, 0.2) is 0 Å². The van der Waals surface area contributed by atoms with Crippen LogP contribution in [0.25, 0.3) is 0 Å². The normalized spacial score (nSPS) is 7.91. The van der Waals surface area contributed by atoms with Crippen LogP contribution in [-0.2, 0) is 17.1 Å². The summed E-state index contributed by atoms with van der Waals surface area (Å²) >= 11 is 0. The predicted molar refractivity (Wildman–Crippen MR) is 89.6 cm³/mol. The molecule has 0 aromatic rings. The summed E-state index contributed by atoms with van der Waals surface area (Å²) in [4.78, 5) is 50.8. The minimum atomic E-state index is 0. The van der Waals surface area contributed by atoms with Gasteiger partial charge in [0.25, 0.3) is 0 Å². The van der Waals surface area contributed by atoms with Crippen molar-refractivity contribution in [3.05, 3.63) is 0 Å². The molecule has 0 bridgehead atoms. The molecule has 0 heterocycles. The Balaban J connectivity index is -0.000000108. The van der Waals surface area contributed by atoms with Gasteiger partial charge < -0.3 is 0 Å². The third-order valence-corrected chi connectivity index (χ3v) is 1.54. The topological polar surface area (TPSA) is 128 Å². The van der Waals surface area contributed by atoms with Crippen LogP contribution < -0.4 is 0 Å². The van der Waals surface area contributed by atoms with Crippen molar-refractivity contribution in [2.24, 2.45) is 0 Å². The molecule has 0 unspecified atom stereocenters. The summed E-state index contributed by atoms with van der Waals surface area (Å²) in [6, 6.07) is 0. The second kappa shape index (κ2) is 17.6. The molecule has 0 saturated carbocycles. The number of rotatable bonds is 6. The molecule has 0 fully saturated rings. The van der Waals surface area contributed by atoms with Crippen molar-refractivity contribution in [2.75, 3.05) is 0 Å². The number of ketones is 6. The van der Waals surface area contributed by atoms with Crippen LogP contribution in [0.3, 0.4) is 0 Å². The van der Waals surface area contributed by atoms with Gasteiger partial charge in [0.15, 0.2) is 19.3 Å². The van der Waals surface area contributed by atoms with Crippen molar-refractivity contribution in [1.82, 2.24) is 0 Å². The van der Waals surface area contributed by atoms with E-state index in [1.54, 1.807) is 41.5 Å². The molecule has 22 heavy (non-hydrogen) atoms. The van der Waals surface area contributed by atoms with E-state index in [-0.39, 0.29) is 51.8 Å². The molecular weight excluding hydrogens is 332 g/mol. The molecule has 7 heteroatoms. The smallest absolute Gasteiger partial charge is 0.283 e. The van der Waals surface area contributed by atoms with E-state index in [1.807, 2.05) is 0 Å². The van der Waals surface area contributed by atoms with Crippen LogP contribution in [0.2, 0.25) is 0 Å². The second-order valence-corrected chi connectivity index (χ2v) is 4.94. The van der Waals surface area contributed by atoms with Crippen LogP contribution in [0.4, 0.5) is 0 Å². The van der Waals surface area contributed by atoms with Crippen molar-refractivity contribution >= 4 is 34.7 Å². The van der Waals surface area contributed by atoms with E-state index >= 15 is 0 Å². The third-order valence-electron chi connectivity index (χ3n) is 1.54. The zero-order chi connectivity index (χ0) is 17.6. The molecular formula is C15H30FeO6+6. The molecule has 0 aromatic heterocycles. The van der Waals surface area contributed by atoms with Crippen molar-refractivity contribution in [2.45, 2.75) is 60.8 Å². The SMILES string of the molecule is CC(=[OH+])CC(C)=[OH+].CC(=[OH+])CC(C)=[OH+].CC(=[OH+])CC(C)=[OH+].[Fe].